The molecule has 0 spiro atoms. The number of rotatable bonds is 4. The van der Waals surface area contributed by atoms with Gasteiger partial charge in [0.2, 0.25) is 5.91 Å². The third-order valence-electron chi connectivity index (χ3n) is 4.18. The maximum Gasteiger partial charge on any atom is 0.222 e. The van der Waals surface area contributed by atoms with Gasteiger partial charge in [0, 0.05) is 19.0 Å². The number of carbonyl (C=O) groups is 1. The first kappa shape index (κ1) is 11.9. The molecule has 2 N–H and O–H groups in total. The SMILES string of the molecule is NCCCC1CCC(N2CCCC2=O)CC1. The van der Waals surface area contributed by atoms with Crippen LogP contribution in [0.3, 0.4) is 0 Å². The third-order valence-corrected chi connectivity index (χ3v) is 4.18. The zero-order valence-corrected chi connectivity index (χ0v) is 10.2. The van der Waals surface area contributed by atoms with E-state index in [-0.39, 0.29) is 0 Å². The van der Waals surface area contributed by atoms with E-state index in [9.17, 15) is 4.79 Å². The zero-order chi connectivity index (χ0) is 11.4. The van der Waals surface area contributed by atoms with E-state index >= 15 is 0 Å². The van der Waals surface area contributed by atoms with Gasteiger partial charge >= 0.3 is 0 Å². The predicted octanol–water partition coefficient (Wildman–Crippen LogP) is 1.91. The van der Waals surface area contributed by atoms with E-state index in [0.717, 1.165) is 38.3 Å². The van der Waals surface area contributed by atoms with Gasteiger partial charge in [0.1, 0.15) is 0 Å². The third kappa shape index (κ3) is 2.76. The lowest BCUT2D eigenvalue weighted by atomic mass is 9.83. The Balaban J connectivity index is 1.74. The lowest BCUT2D eigenvalue weighted by Gasteiger charge is -2.34. The molecule has 2 rings (SSSR count). The van der Waals surface area contributed by atoms with Crippen molar-refractivity contribution in [3.8, 4) is 0 Å². The molecule has 1 amide bonds. The average molecular weight is 224 g/mol. The summed E-state index contributed by atoms with van der Waals surface area (Å²) in [5.41, 5.74) is 5.54. The van der Waals surface area contributed by atoms with Gasteiger partial charge in [-0.1, -0.05) is 0 Å². The molecule has 1 heterocycles. The molecular weight excluding hydrogens is 200 g/mol. The van der Waals surface area contributed by atoms with Crippen LogP contribution in [0.4, 0.5) is 0 Å². The van der Waals surface area contributed by atoms with Crippen molar-refractivity contribution in [3.05, 3.63) is 0 Å². The largest absolute Gasteiger partial charge is 0.340 e. The molecule has 3 heteroatoms. The fourth-order valence-corrected chi connectivity index (χ4v) is 3.21. The van der Waals surface area contributed by atoms with Gasteiger partial charge in [-0.25, -0.2) is 0 Å². The highest BCUT2D eigenvalue weighted by atomic mass is 16.2. The molecule has 0 unspecified atom stereocenters. The van der Waals surface area contributed by atoms with Crippen LogP contribution in [-0.4, -0.2) is 29.9 Å². The minimum absolute atomic E-state index is 0.394. The van der Waals surface area contributed by atoms with Crippen LogP contribution in [0.15, 0.2) is 0 Å². The Morgan fingerprint density at radius 2 is 2.00 bits per heavy atom. The van der Waals surface area contributed by atoms with E-state index in [2.05, 4.69) is 4.90 Å². The summed E-state index contributed by atoms with van der Waals surface area (Å²) in [6.07, 6.45) is 9.36. The smallest absolute Gasteiger partial charge is 0.222 e. The number of carbonyl (C=O) groups excluding carboxylic acids is 1. The second-order valence-electron chi connectivity index (χ2n) is 5.30. The van der Waals surface area contributed by atoms with Crippen molar-refractivity contribution < 1.29 is 4.79 Å². The van der Waals surface area contributed by atoms with Crippen LogP contribution in [-0.2, 0) is 4.79 Å². The van der Waals surface area contributed by atoms with Crippen molar-refractivity contribution in [2.45, 2.75) is 57.4 Å². The summed E-state index contributed by atoms with van der Waals surface area (Å²) < 4.78 is 0. The molecule has 0 radical (unpaired) electrons. The van der Waals surface area contributed by atoms with Crippen LogP contribution in [0.2, 0.25) is 0 Å². The molecule has 0 aromatic heterocycles. The quantitative estimate of drug-likeness (QED) is 0.793. The molecule has 0 atom stereocenters. The van der Waals surface area contributed by atoms with Gasteiger partial charge in [0.15, 0.2) is 0 Å². The van der Waals surface area contributed by atoms with E-state index in [1.807, 2.05) is 0 Å². The zero-order valence-electron chi connectivity index (χ0n) is 10.2. The Morgan fingerprint density at radius 1 is 1.25 bits per heavy atom. The molecule has 0 aromatic carbocycles. The monoisotopic (exact) mass is 224 g/mol. The van der Waals surface area contributed by atoms with Crippen LogP contribution in [0, 0.1) is 5.92 Å². The maximum absolute atomic E-state index is 11.6. The summed E-state index contributed by atoms with van der Waals surface area (Å²) in [5, 5.41) is 0. The van der Waals surface area contributed by atoms with Gasteiger partial charge in [0.25, 0.3) is 0 Å². The molecule has 3 nitrogen and oxygen atoms in total. The van der Waals surface area contributed by atoms with Crippen molar-refractivity contribution in [2.24, 2.45) is 11.7 Å². The van der Waals surface area contributed by atoms with Gasteiger partial charge in [-0.3, -0.25) is 4.79 Å². The van der Waals surface area contributed by atoms with E-state index < -0.39 is 0 Å². The van der Waals surface area contributed by atoms with Crippen molar-refractivity contribution in [3.63, 3.8) is 0 Å². The number of amides is 1. The van der Waals surface area contributed by atoms with Crippen LogP contribution < -0.4 is 5.73 Å². The molecule has 2 fully saturated rings. The summed E-state index contributed by atoms with van der Waals surface area (Å²) in [4.78, 5) is 13.8. The second-order valence-corrected chi connectivity index (χ2v) is 5.30. The van der Waals surface area contributed by atoms with Gasteiger partial charge in [-0.15, -0.1) is 0 Å². The van der Waals surface area contributed by atoms with Crippen LogP contribution in [0.25, 0.3) is 0 Å². The van der Waals surface area contributed by atoms with Crippen molar-refractivity contribution in [1.82, 2.24) is 4.90 Å². The van der Waals surface area contributed by atoms with Gasteiger partial charge in [-0.05, 0) is 57.4 Å². The molecule has 16 heavy (non-hydrogen) atoms. The summed E-state index contributed by atoms with van der Waals surface area (Å²) in [7, 11) is 0. The molecule has 1 aliphatic carbocycles. The predicted molar refractivity (Wildman–Crippen MR) is 65.0 cm³/mol. The first-order valence-electron chi connectivity index (χ1n) is 6.81. The van der Waals surface area contributed by atoms with E-state index in [0.29, 0.717) is 11.9 Å². The molecule has 0 aromatic rings. The van der Waals surface area contributed by atoms with Crippen molar-refractivity contribution in [2.75, 3.05) is 13.1 Å². The molecule has 1 aliphatic heterocycles. The van der Waals surface area contributed by atoms with Crippen LogP contribution >= 0.6 is 0 Å². The molecule has 1 saturated heterocycles. The standard InChI is InChI=1S/C13H24N2O/c14-9-1-3-11-5-7-12(8-6-11)15-10-2-4-13(15)16/h11-12H,1-10,14H2. The molecule has 0 bridgehead atoms. The molecule has 1 saturated carbocycles. The Kier molecular flexibility index (Phi) is 4.22. The van der Waals surface area contributed by atoms with Gasteiger partial charge in [0.05, 0.1) is 0 Å². The Hall–Kier alpha value is -0.570. The maximum atomic E-state index is 11.6. The van der Waals surface area contributed by atoms with Crippen LogP contribution in [0.5, 0.6) is 0 Å². The fourth-order valence-electron chi connectivity index (χ4n) is 3.21. The minimum Gasteiger partial charge on any atom is -0.340 e. The van der Waals surface area contributed by atoms with E-state index in [1.54, 1.807) is 0 Å². The van der Waals surface area contributed by atoms with Crippen LogP contribution in [0.1, 0.15) is 51.4 Å². The highest BCUT2D eigenvalue weighted by Crippen LogP contribution is 2.32. The fraction of sp³-hybridized carbons (Fsp3) is 0.923. The first-order chi connectivity index (χ1) is 7.81. The number of likely N-dealkylation sites (tertiary alicyclic amines) is 1. The van der Waals surface area contributed by atoms with Gasteiger partial charge in [-0.2, -0.15) is 0 Å². The number of hydrogen-bond donors (Lipinski definition) is 1. The summed E-state index contributed by atoms with van der Waals surface area (Å²) in [5.74, 6) is 1.27. The summed E-state index contributed by atoms with van der Waals surface area (Å²) >= 11 is 0. The van der Waals surface area contributed by atoms with E-state index in [1.165, 1.54) is 32.1 Å². The highest BCUT2D eigenvalue weighted by molar-refractivity contribution is 5.78. The minimum atomic E-state index is 0.394. The molecule has 2 aliphatic rings. The Labute approximate surface area is 98.4 Å². The molecular formula is C13H24N2O. The second kappa shape index (κ2) is 5.67. The Bertz CT molecular complexity index is 234. The first-order valence-corrected chi connectivity index (χ1v) is 6.81. The average Bonchev–Trinajstić information content (AvgIpc) is 2.74. The summed E-state index contributed by atoms with van der Waals surface area (Å²) in [6.45, 7) is 1.83. The summed E-state index contributed by atoms with van der Waals surface area (Å²) in [6, 6.07) is 0.559. The number of hydrogen-bond acceptors (Lipinski definition) is 2. The van der Waals surface area contributed by atoms with Gasteiger partial charge < -0.3 is 10.6 Å². The number of nitrogens with zero attached hydrogens (tertiary/aromatic N) is 1. The number of nitrogens with two attached hydrogens (primary N) is 1. The lowest BCUT2D eigenvalue weighted by molar-refractivity contribution is -0.130. The Morgan fingerprint density at radius 3 is 2.56 bits per heavy atom. The highest BCUT2D eigenvalue weighted by Gasteiger charge is 2.30. The molecule has 92 valence electrons. The van der Waals surface area contributed by atoms with Crippen molar-refractivity contribution >= 4 is 5.91 Å². The normalized spacial score (nSPS) is 31.1. The topological polar surface area (TPSA) is 46.3 Å². The van der Waals surface area contributed by atoms with Crippen molar-refractivity contribution in [1.29, 1.82) is 0 Å². The van der Waals surface area contributed by atoms with E-state index in [4.69, 9.17) is 5.73 Å². The lowest BCUT2D eigenvalue weighted by Crippen LogP contribution is -2.38.